The fourth-order valence-electron chi connectivity index (χ4n) is 2.87. The molecule has 0 radical (unpaired) electrons. The summed E-state index contributed by atoms with van der Waals surface area (Å²) in [5.41, 5.74) is 1.30. The normalized spacial score (nSPS) is 14.0. The van der Waals surface area contributed by atoms with Crippen molar-refractivity contribution in [2.45, 2.75) is 20.8 Å². The Morgan fingerprint density at radius 3 is 2.00 bits per heavy atom. The summed E-state index contributed by atoms with van der Waals surface area (Å²) in [6, 6.07) is 12.7. The standard InChI is InChI=1S/C20H16F3N.C2H6/c1-3-24-13(2)18(23)12-15(14-8-5-4-6-9-14)20(24)19-16(21)10-7-11-17(19)22;1-2/h4-12H,2-3H2,1H3;1-2H3. The van der Waals surface area contributed by atoms with Gasteiger partial charge < -0.3 is 4.90 Å². The van der Waals surface area contributed by atoms with Gasteiger partial charge in [-0.1, -0.05) is 56.8 Å². The molecule has 26 heavy (non-hydrogen) atoms. The summed E-state index contributed by atoms with van der Waals surface area (Å²) in [5, 5.41) is 0. The zero-order valence-electron chi connectivity index (χ0n) is 15.2. The lowest BCUT2D eigenvalue weighted by Gasteiger charge is -2.33. The van der Waals surface area contributed by atoms with Crippen molar-refractivity contribution in [3.8, 4) is 0 Å². The first-order valence-electron chi connectivity index (χ1n) is 8.62. The van der Waals surface area contributed by atoms with Gasteiger partial charge in [0.05, 0.1) is 17.0 Å². The summed E-state index contributed by atoms with van der Waals surface area (Å²) in [4.78, 5) is 1.50. The van der Waals surface area contributed by atoms with Gasteiger partial charge in [0.2, 0.25) is 0 Å². The minimum Gasteiger partial charge on any atom is -0.339 e. The van der Waals surface area contributed by atoms with E-state index < -0.39 is 17.5 Å². The zero-order valence-corrected chi connectivity index (χ0v) is 15.2. The lowest BCUT2D eigenvalue weighted by Crippen LogP contribution is -2.26. The molecule has 4 heteroatoms. The van der Waals surface area contributed by atoms with Crippen molar-refractivity contribution in [2.75, 3.05) is 6.54 Å². The molecule has 136 valence electrons. The van der Waals surface area contributed by atoms with E-state index in [1.165, 1.54) is 29.2 Å². The van der Waals surface area contributed by atoms with Crippen molar-refractivity contribution < 1.29 is 13.2 Å². The number of likely N-dealkylation sites (N-methyl/N-ethyl adjacent to an activating group) is 1. The second kappa shape index (κ2) is 8.56. The van der Waals surface area contributed by atoms with E-state index in [1.54, 1.807) is 31.2 Å². The first kappa shape index (κ1) is 19.6. The highest BCUT2D eigenvalue weighted by Gasteiger charge is 2.29. The molecule has 0 N–H and O–H groups in total. The molecular formula is C22H22F3N. The zero-order chi connectivity index (χ0) is 19.3. The van der Waals surface area contributed by atoms with Crippen LogP contribution in [0, 0.1) is 11.6 Å². The van der Waals surface area contributed by atoms with Crippen LogP contribution in [-0.2, 0) is 0 Å². The van der Waals surface area contributed by atoms with Gasteiger partial charge in [-0.25, -0.2) is 13.2 Å². The lowest BCUT2D eigenvalue weighted by atomic mass is 9.94. The third-order valence-corrected chi connectivity index (χ3v) is 4.00. The van der Waals surface area contributed by atoms with Gasteiger partial charge in [0, 0.05) is 12.1 Å². The monoisotopic (exact) mass is 357 g/mol. The molecule has 0 aliphatic carbocycles. The van der Waals surface area contributed by atoms with Gasteiger partial charge in [0.1, 0.15) is 17.5 Å². The van der Waals surface area contributed by atoms with Crippen LogP contribution in [0.25, 0.3) is 11.3 Å². The van der Waals surface area contributed by atoms with Crippen LogP contribution in [-0.4, -0.2) is 11.4 Å². The molecule has 0 spiro atoms. The lowest BCUT2D eigenvalue weighted by molar-refractivity contribution is 0.469. The summed E-state index contributed by atoms with van der Waals surface area (Å²) in [6.45, 7) is 9.83. The van der Waals surface area contributed by atoms with Crippen molar-refractivity contribution >= 4 is 11.3 Å². The summed E-state index contributed by atoms with van der Waals surface area (Å²) in [5.74, 6) is -1.91. The molecule has 0 saturated heterocycles. The molecule has 0 amide bonds. The molecule has 0 aromatic heterocycles. The van der Waals surface area contributed by atoms with Crippen LogP contribution in [0.3, 0.4) is 0 Å². The maximum absolute atomic E-state index is 14.4. The number of hydrogen-bond donors (Lipinski definition) is 0. The van der Waals surface area contributed by atoms with Gasteiger partial charge in [0.15, 0.2) is 0 Å². The Hall–Kier alpha value is -2.75. The molecule has 0 fully saturated rings. The predicted molar refractivity (Wildman–Crippen MR) is 102 cm³/mol. The van der Waals surface area contributed by atoms with E-state index in [9.17, 15) is 13.2 Å². The van der Waals surface area contributed by atoms with Crippen LogP contribution < -0.4 is 0 Å². The average Bonchev–Trinajstić information content (AvgIpc) is 2.66. The van der Waals surface area contributed by atoms with Gasteiger partial charge >= 0.3 is 0 Å². The number of allylic oxidation sites excluding steroid dienone is 3. The Morgan fingerprint density at radius 2 is 1.46 bits per heavy atom. The van der Waals surface area contributed by atoms with Crippen LogP contribution in [0.2, 0.25) is 0 Å². The molecule has 2 aromatic rings. The first-order valence-corrected chi connectivity index (χ1v) is 8.62. The van der Waals surface area contributed by atoms with Crippen LogP contribution in [0.4, 0.5) is 13.2 Å². The number of hydrogen-bond acceptors (Lipinski definition) is 1. The molecular weight excluding hydrogens is 335 g/mol. The summed E-state index contributed by atoms with van der Waals surface area (Å²) in [7, 11) is 0. The van der Waals surface area contributed by atoms with E-state index in [4.69, 9.17) is 0 Å². The van der Waals surface area contributed by atoms with E-state index in [1.807, 2.05) is 19.9 Å². The van der Waals surface area contributed by atoms with Crippen LogP contribution in [0.15, 0.2) is 72.7 Å². The second-order valence-corrected chi connectivity index (χ2v) is 5.41. The Morgan fingerprint density at radius 1 is 0.885 bits per heavy atom. The molecule has 1 nitrogen and oxygen atoms in total. The van der Waals surface area contributed by atoms with Crippen molar-refractivity contribution in [1.82, 2.24) is 4.90 Å². The van der Waals surface area contributed by atoms with E-state index >= 15 is 0 Å². The fourth-order valence-corrected chi connectivity index (χ4v) is 2.87. The third kappa shape index (κ3) is 3.59. The molecule has 1 aliphatic rings. The van der Waals surface area contributed by atoms with Crippen LogP contribution in [0.1, 0.15) is 31.9 Å². The number of halogens is 3. The molecule has 1 heterocycles. The summed E-state index contributed by atoms with van der Waals surface area (Å²) >= 11 is 0. The van der Waals surface area contributed by atoms with E-state index in [2.05, 4.69) is 6.58 Å². The quantitative estimate of drug-likeness (QED) is 0.601. The Bertz CT molecular complexity index is 831. The average molecular weight is 357 g/mol. The number of nitrogens with zero attached hydrogens (tertiary/aromatic N) is 1. The van der Waals surface area contributed by atoms with Gasteiger partial charge in [-0.2, -0.15) is 0 Å². The van der Waals surface area contributed by atoms with E-state index in [-0.39, 0.29) is 17.0 Å². The predicted octanol–water partition coefficient (Wildman–Crippen LogP) is 6.56. The molecule has 0 atom stereocenters. The molecule has 3 rings (SSSR count). The summed E-state index contributed by atoms with van der Waals surface area (Å²) in [6.07, 6.45) is 1.28. The molecule has 1 aliphatic heterocycles. The Kier molecular flexibility index (Phi) is 6.45. The van der Waals surface area contributed by atoms with Crippen LogP contribution >= 0.6 is 0 Å². The maximum atomic E-state index is 14.4. The van der Waals surface area contributed by atoms with Gasteiger partial charge in [-0.3, -0.25) is 0 Å². The molecule has 2 aromatic carbocycles. The highest BCUT2D eigenvalue weighted by molar-refractivity contribution is 5.97. The number of rotatable bonds is 3. The largest absolute Gasteiger partial charge is 0.339 e. The number of benzene rings is 2. The van der Waals surface area contributed by atoms with Gasteiger partial charge in [-0.15, -0.1) is 0 Å². The smallest absolute Gasteiger partial charge is 0.146 e. The van der Waals surface area contributed by atoms with Crippen molar-refractivity contribution in [1.29, 1.82) is 0 Å². The van der Waals surface area contributed by atoms with E-state index in [0.29, 0.717) is 17.7 Å². The fraction of sp³-hybridized carbons (Fsp3) is 0.182. The molecule has 0 bridgehead atoms. The summed E-state index contributed by atoms with van der Waals surface area (Å²) < 4.78 is 43.2. The van der Waals surface area contributed by atoms with Crippen molar-refractivity contribution in [2.24, 2.45) is 0 Å². The first-order chi connectivity index (χ1) is 12.5. The van der Waals surface area contributed by atoms with Crippen molar-refractivity contribution in [3.63, 3.8) is 0 Å². The molecule has 0 unspecified atom stereocenters. The highest BCUT2D eigenvalue weighted by Crippen LogP contribution is 2.40. The topological polar surface area (TPSA) is 3.24 Å². The van der Waals surface area contributed by atoms with E-state index in [0.717, 1.165) is 0 Å². The Balaban J connectivity index is 0.00000117. The highest BCUT2D eigenvalue weighted by atomic mass is 19.1. The second-order valence-electron chi connectivity index (χ2n) is 5.41. The molecule has 0 saturated carbocycles. The minimum absolute atomic E-state index is 0.0924. The third-order valence-electron chi connectivity index (χ3n) is 4.00. The SMILES string of the molecule is C=C1C(F)=CC(c2ccccc2)=C(c2c(F)cccc2F)N1CC.CC. The van der Waals surface area contributed by atoms with Crippen LogP contribution in [0.5, 0.6) is 0 Å². The maximum Gasteiger partial charge on any atom is 0.146 e. The van der Waals surface area contributed by atoms with Gasteiger partial charge in [-0.05, 0) is 30.7 Å². The van der Waals surface area contributed by atoms with Crippen molar-refractivity contribution in [3.05, 3.63) is 95.5 Å². The minimum atomic E-state index is -0.694. The van der Waals surface area contributed by atoms with Gasteiger partial charge in [0.25, 0.3) is 0 Å². The Labute approximate surface area is 152 Å².